The molecule has 1 N–H and O–H groups in total. The summed E-state index contributed by atoms with van der Waals surface area (Å²) < 4.78 is 7.13. The van der Waals surface area contributed by atoms with Gasteiger partial charge in [0.15, 0.2) is 5.69 Å². The van der Waals surface area contributed by atoms with Gasteiger partial charge < -0.3 is 14.7 Å². The number of nitrogens with zero attached hydrogens (tertiary/aromatic N) is 4. The lowest BCUT2D eigenvalue weighted by Crippen LogP contribution is -2.25. The number of hydrogen-bond acceptors (Lipinski definition) is 5. The second-order valence-corrected chi connectivity index (χ2v) is 6.89. The first kappa shape index (κ1) is 18.7. The lowest BCUT2D eigenvalue weighted by Gasteiger charge is -2.13. The van der Waals surface area contributed by atoms with Crippen molar-refractivity contribution in [3.63, 3.8) is 0 Å². The third-order valence-corrected chi connectivity index (χ3v) is 4.52. The number of benzene rings is 1. The summed E-state index contributed by atoms with van der Waals surface area (Å²) in [5, 5.41) is 11.3. The van der Waals surface area contributed by atoms with E-state index in [2.05, 4.69) is 15.6 Å². The van der Waals surface area contributed by atoms with Gasteiger partial charge in [-0.2, -0.15) is 5.10 Å². The van der Waals surface area contributed by atoms with E-state index in [1.165, 1.54) is 0 Å². The summed E-state index contributed by atoms with van der Waals surface area (Å²) in [6.07, 6.45) is 0. The van der Waals surface area contributed by atoms with Crippen molar-refractivity contribution in [2.75, 3.05) is 19.0 Å². The SMILES string of the molecule is Cc1cc(C)n(Cc2c(C(=O)NCc3ccc(N(C)C)cc3)noc2C)n1. The van der Waals surface area contributed by atoms with E-state index < -0.39 is 0 Å². The molecule has 7 heteroatoms. The molecule has 1 amide bonds. The Morgan fingerprint density at radius 1 is 1.19 bits per heavy atom. The number of aryl methyl sites for hydroxylation is 3. The summed E-state index contributed by atoms with van der Waals surface area (Å²) in [5.41, 5.74) is 5.17. The second-order valence-electron chi connectivity index (χ2n) is 6.89. The molecular weight excluding hydrogens is 342 g/mol. The lowest BCUT2D eigenvalue weighted by atomic mass is 10.1. The molecule has 0 aliphatic carbocycles. The molecule has 3 aromatic rings. The Morgan fingerprint density at radius 3 is 2.48 bits per heavy atom. The van der Waals surface area contributed by atoms with Crippen LogP contribution in [0.15, 0.2) is 34.9 Å². The molecule has 0 spiro atoms. The predicted molar refractivity (Wildman–Crippen MR) is 104 cm³/mol. The number of hydrogen-bond donors (Lipinski definition) is 1. The van der Waals surface area contributed by atoms with Crippen LogP contribution >= 0.6 is 0 Å². The Kier molecular flexibility index (Phi) is 5.30. The lowest BCUT2D eigenvalue weighted by molar-refractivity contribution is 0.0941. The molecule has 3 rings (SSSR count). The molecule has 0 unspecified atom stereocenters. The van der Waals surface area contributed by atoms with Gasteiger partial charge >= 0.3 is 0 Å². The minimum Gasteiger partial charge on any atom is -0.378 e. The van der Waals surface area contributed by atoms with Crippen LogP contribution in [-0.4, -0.2) is 34.9 Å². The molecule has 2 heterocycles. The van der Waals surface area contributed by atoms with Gasteiger partial charge in [-0.3, -0.25) is 9.48 Å². The Morgan fingerprint density at radius 2 is 1.89 bits per heavy atom. The highest BCUT2D eigenvalue weighted by Crippen LogP contribution is 2.17. The van der Waals surface area contributed by atoms with Gasteiger partial charge in [0.05, 0.1) is 12.2 Å². The van der Waals surface area contributed by atoms with Crippen LogP contribution in [0.4, 0.5) is 5.69 Å². The van der Waals surface area contributed by atoms with Crippen LogP contribution in [-0.2, 0) is 13.1 Å². The van der Waals surface area contributed by atoms with E-state index in [0.717, 1.165) is 28.2 Å². The monoisotopic (exact) mass is 367 g/mol. The highest BCUT2D eigenvalue weighted by Gasteiger charge is 2.20. The molecule has 0 radical (unpaired) electrons. The Balaban J connectivity index is 1.71. The number of amides is 1. The fraction of sp³-hybridized carbons (Fsp3) is 0.350. The molecule has 7 nitrogen and oxygen atoms in total. The van der Waals surface area contributed by atoms with E-state index in [4.69, 9.17) is 4.52 Å². The van der Waals surface area contributed by atoms with Crippen molar-refractivity contribution in [3.8, 4) is 0 Å². The molecule has 0 saturated heterocycles. The van der Waals surface area contributed by atoms with Gasteiger partial charge in [0.1, 0.15) is 5.76 Å². The standard InChI is InChI=1S/C20H25N5O2/c1-13-10-14(2)25(22-13)12-18-15(3)27-23-19(18)20(26)21-11-16-6-8-17(9-7-16)24(4)5/h6-10H,11-12H2,1-5H3,(H,21,26). The fourth-order valence-corrected chi connectivity index (χ4v) is 2.92. The number of rotatable bonds is 6. The summed E-state index contributed by atoms with van der Waals surface area (Å²) in [7, 11) is 3.99. The first-order chi connectivity index (χ1) is 12.8. The van der Waals surface area contributed by atoms with Gasteiger partial charge in [0, 0.05) is 37.6 Å². The fourth-order valence-electron chi connectivity index (χ4n) is 2.92. The molecule has 0 atom stereocenters. The average Bonchev–Trinajstić information content (AvgIpc) is 3.15. The van der Waals surface area contributed by atoms with Crippen molar-refractivity contribution < 1.29 is 9.32 Å². The Hall–Kier alpha value is -3.09. The Bertz CT molecular complexity index is 938. The van der Waals surface area contributed by atoms with E-state index in [1.54, 1.807) is 0 Å². The first-order valence-corrected chi connectivity index (χ1v) is 8.86. The second kappa shape index (κ2) is 7.65. The summed E-state index contributed by atoms with van der Waals surface area (Å²) in [4.78, 5) is 14.7. The smallest absolute Gasteiger partial charge is 0.274 e. The van der Waals surface area contributed by atoms with Crippen LogP contribution in [0.5, 0.6) is 0 Å². The number of nitrogens with one attached hydrogen (secondary N) is 1. The van der Waals surface area contributed by atoms with E-state index in [0.29, 0.717) is 24.5 Å². The maximum atomic E-state index is 12.6. The topological polar surface area (TPSA) is 76.2 Å². The maximum absolute atomic E-state index is 12.6. The van der Waals surface area contributed by atoms with Gasteiger partial charge in [-0.1, -0.05) is 17.3 Å². The van der Waals surface area contributed by atoms with Crippen LogP contribution in [0, 0.1) is 20.8 Å². The summed E-state index contributed by atoms with van der Waals surface area (Å²) >= 11 is 0. The number of carbonyl (C=O) groups excluding carboxylic acids is 1. The van der Waals surface area contributed by atoms with Crippen LogP contribution in [0.1, 0.15) is 38.8 Å². The van der Waals surface area contributed by atoms with Crippen LogP contribution < -0.4 is 10.2 Å². The summed E-state index contributed by atoms with van der Waals surface area (Å²) in [5.74, 6) is 0.378. The molecule has 142 valence electrons. The molecule has 1 aromatic carbocycles. The zero-order valence-corrected chi connectivity index (χ0v) is 16.4. The van der Waals surface area contributed by atoms with Gasteiger partial charge in [0.25, 0.3) is 5.91 Å². The van der Waals surface area contributed by atoms with Gasteiger partial charge in [-0.25, -0.2) is 0 Å². The van der Waals surface area contributed by atoms with Crippen molar-refractivity contribution in [2.45, 2.75) is 33.9 Å². The zero-order valence-electron chi connectivity index (χ0n) is 16.4. The van der Waals surface area contributed by atoms with Crippen LogP contribution in [0.2, 0.25) is 0 Å². The molecular formula is C20H25N5O2. The quantitative estimate of drug-likeness (QED) is 0.725. The largest absolute Gasteiger partial charge is 0.378 e. The van der Waals surface area contributed by atoms with Gasteiger partial charge in [-0.15, -0.1) is 0 Å². The van der Waals surface area contributed by atoms with Crippen molar-refractivity contribution in [2.24, 2.45) is 0 Å². The number of anilines is 1. The average molecular weight is 367 g/mol. The first-order valence-electron chi connectivity index (χ1n) is 8.86. The molecule has 2 aromatic heterocycles. The van der Waals surface area contributed by atoms with E-state index in [-0.39, 0.29) is 5.91 Å². The van der Waals surface area contributed by atoms with Crippen molar-refractivity contribution in [1.82, 2.24) is 20.3 Å². The highest BCUT2D eigenvalue weighted by molar-refractivity contribution is 5.93. The molecule has 0 aliphatic rings. The van der Waals surface area contributed by atoms with Crippen LogP contribution in [0.3, 0.4) is 0 Å². The zero-order chi connectivity index (χ0) is 19.6. The highest BCUT2D eigenvalue weighted by atomic mass is 16.5. The third-order valence-electron chi connectivity index (χ3n) is 4.52. The molecule has 27 heavy (non-hydrogen) atoms. The van der Waals surface area contributed by atoms with E-state index in [1.807, 2.05) is 74.8 Å². The Labute approximate surface area is 159 Å². The van der Waals surface area contributed by atoms with Crippen LogP contribution in [0.25, 0.3) is 0 Å². The minimum atomic E-state index is -0.250. The number of carbonyl (C=O) groups is 1. The van der Waals surface area contributed by atoms with Gasteiger partial charge in [0.2, 0.25) is 0 Å². The van der Waals surface area contributed by atoms with Crippen molar-refractivity contribution in [1.29, 1.82) is 0 Å². The van der Waals surface area contributed by atoms with Gasteiger partial charge in [-0.05, 0) is 44.5 Å². The molecule has 0 saturated carbocycles. The molecule has 0 bridgehead atoms. The minimum absolute atomic E-state index is 0.250. The normalized spacial score (nSPS) is 10.9. The molecule has 0 fully saturated rings. The maximum Gasteiger partial charge on any atom is 0.274 e. The summed E-state index contributed by atoms with van der Waals surface area (Å²) in [6.45, 7) is 6.62. The van der Waals surface area contributed by atoms with Crippen molar-refractivity contribution >= 4 is 11.6 Å². The summed E-state index contributed by atoms with van der Waals surface area (Å²) in [6, 6.07) is 10.0. The predicted octanol–water partition coefficient (Wildman–Crippen LogP) is 2.84. The number of aromatic nitrogens is 3. The third kappa shape index (κ3) is 4.19. The molecule has 0 aliphatic heterocycles. The van der Waals surface area contributed by atoms with Crippen molar-refractivity contribution in [3.05, 3.63) is 64.3 Å². The van der Waals surface area contributed by atoms with E-state index >= 15 is 0 Å². The van der Waals surface area contributed by atoms with E-state index in [9.17, 15) is 4.79 Å².